The molecule has 1 aliphatic rings. The Bertz CT molecular complexity index is 403. The van der Waals surface area contributed by atoms with Crippen molar-refractivity contribution in [2.75, 3.05) is 5.88 Å². The van der Waals surface area contributed by atoms with Crippen LogP contribution >= 0.6 is 23.2 Å². The molecule has 5 heteroatoms. The normalized spacial score (nSPS) is 23.8. The lowest BCUT2D eigenvalue weighted by Crippen LogP contribution is -2.33. The first-order chi connectivity index (χ1) is 8.67. The highest BCUT2D eigenvalue weighted by atomic mass is 35.5. The summed E-state index contributed by atoms with van der Waals surface area (Å²) in [6, 6.07) is 0.527. The molecule has 1 N–H and O–H groups in total. The van der Waals surface area contributed by atoms with E-state index in [-0.39, 0.29) is 0 Å². The van der Waals surface area contributed by atoms with Crippen molar-refractivity contribution in [2.45, 2.75) is 52.2 Å². The van der Waals surface area contributed by atoms with E-state index in [9.17, 15) is 0 Å². The Balaban J connectivity index is 2.01. The highest BCUT2D eigenvalue weighted by Gasteiger charge is 2.26. The molecule has 1 aromatic heterocycles. The third-order valence-electron chi connectivity index (χ3n) is 3.84. The number of nitrogens with zero attached hydrogens (tertiary/aromatic N) is 2. The van der Waals surface area contributed by atoms with Crippen molar-refractivity contribution in [3.8, 4) is 0 Å². The second-order valence-electron chi connectivity index (χ2n) is 4.99. The number of hydrogen-bond acceptors (Lipinski definition) is 2. The molecule has 0 amide bonds. The summed E-state index contributed by atoms with van der Waals surface area (Å²) in [4.78, 5) is 0. The lowest BCUT2D eigenvalue weighted by molar-refractivity contribution is 0.420. The van der Waals surface area contributed by atoms with Gasteiger partial charge in [-0.25, -0.2) is 0 Å². The number of halogens is 2. The van der Waals surface area contributed by atoms with Crippen LogP contribution in [0.15, 0.2) is 0 Å². The molecular weight excluding hydrogens is 269 g/mol. The molecule has 18 heavy (non-hydrogen) atoms. The number of hydrogen-bond donors (Lipinski definition) is 1. The van der Waals surface area contributed by atoms with Gasteiger partial charge in [0.15, 0.2) is 0 Å². The van der Waals surface area contributed by atoms with Crippen LogP contribution in [-0.2, 0) is 13.1 Å². The molecule has 0 radical (unpaired) electrons. The summed E-state index contributed by atoms with van der Waals surface area (Å²) in [7, 11) is 0. The quantitative estimate of drug-likeness (QED) is 0.843. The summed E-state index contributed by atoms with van der Waals surface area (Å²) < 4.78 is 1.98. The average Bonchev–Trinajstić information content (AvgIpc) is 2.93. The first kappa shape index (κ1) is 14.2. The summed E-state index contributed by atoms with van der Waals surface area (Å²) in [6.07, 6.45) is 3.73. The van der Waals surface area contributed by atoms with E-state index in [1.165, 1.54) is 19.3 Å². The van der Waals surface area contributed by atoms with Gasteiger partial charge in [-0.3, -0.25) is 4.68 Å². The molecule has 0 aliphatic heterocycles. The smallest absolute Gasteiger partial charge is 0.0860 e. The summed E-state index contributed by atoms with van der Waals surface area (Å²) in [6.45, 7) is 5.68. The first-order valence-electron chi connectivity index (χ1n) is 6.68. The van der Waals surface area contributed by atoms with Gasteiger partial charge in [-0.1, -0.05) is 18.0 Å². The maximum atomic E-state index is 6.30. The zero-order chi connectivity index (χ0) is 13.1. The van der Waals surface area contributed by atoms with E-state index in [1.807, 2.05) is 11.6 Å². The Morgan fingerprint density at radius 2 is 2.22 bits per heavy atom. The van der Waals surface area contributed by atoms with Gasteiger partial charge in [0.25, 0.3) is 0 Å². The van der Waals surface area contributed by atoms with E-state index in [0.29, 0.717) is 12.0 Å². The molecule has 1 saturated carbocycles. The van der Waals surface area contributed by atoms with Crippen LogP contribution in [0, 0.1) is 12.8 Å². The Labute approximate surface area is 119 Å². The van der Waals surface area contributed by atoms with Gasteiger partial charge in [0.05, 0.1) is 16.4 Å². The first-order valence-corrected chi connectivity index (χ1v) is 7.59. The fraction of sp³-hybridized carbons (Fsp3) is 0.769. The lowest BCUT2D eigenvalue weighted by Gasteiger charge is -2.19. The minimum atomic E-state index is 0.527. The molecule has 0 spiro atoms. The van der Waals surface area contributed by atoms with Gasteiger partial charge in [-0.15, -0.1) is 11.6 Å². The molecule has 2 rings (SSSR count). The minimum absolute atomic E-state index is 0.527. The van der Waals surface area contributed by atoms with Crippen molar-refractivity contribution in [1.29, 1.82) is 0 Å². The third kappa shape index (κ3) is 2.84. The fourth-order valence-corrected chi connectivity index (χ4v) is 3.33. The van der Waals surface area contributed by atoms with Crippen LogP contribution in [0.4, 0.5) is 0 Å². The van der Waals surface area contributed by atoms with Crippen molar-refractivity contribution < 1.29 is 0 Å². The maximum Gasteiger partial charge on any atom is 0.0860 e. The minimum Gasteiger partial charge on any atom is -0.308 e. The molecule has 1 aliphatic carbocycles. The van der Waals surface area contributed by atoms with E-state index in [2.05, 4.69) is 17.3 Å². The Kier molecular flexibility index (Phi) is 4.93. The van der Waals surface area contributed by atoms with Crippen molar-refractivity contribution in [3.05, 3.63) is 16.4 Å². The molecule has 0 bridgehead atoms. The van der Waals surface area contributed by atoms with Crippen molar-refractivity contribution in [1.82, 2.24) is 15.1 Å². The molecule has 3 nitrogen and oxygen atoms in total. The predicted molar refractivity (Wildman–Crippen MR) is 76.3 cm³/mol. The van der Waals surface area contributed by atoms with Crippen molar-refractivity contribution in [3.63, 3.8) is 0 Å². The van der Waals surface area contributed by atoms with E-state index >= 15 is 0 Å². The Morgan fingerprint density at radius 3 is 2.89 bits per heavy atom. The number of rotatable bonds is 5. The van der Waals surface area contributed by atoms with Crippen molar-refractivity contribution >= 4 is 23.2 Å². The van der Waals surface area contributed by atoms with Crippen LogP contribution < -0.4 is 5.32 Å². The molecule has 1 heterocycles. The predicted octanol–water partition coefficient (Wildman–Crippen LogP) is 3.36. The fourth-order valence-electron chi connectivity index (χ4n) is 2.76. The van der Waals surface area contributed by atoms with Gasteiger partial charge in [0.1, 0.15) is 0 Å². The van der Waals surface area contributed by atoms with Crippen LogP contribution in [0.2, 0.25) is 5.02 Å². The number of alkyl halides is 1. The van der Waals surface area contributed by atoms with Crippen LogP contribution in [0.5, 0.6) is 0 Å². The van der Waals surface area contributed by atoms with Gasteiger partial charge in [0, 0.05) is 25.0 Å². The van der Waals surface area contributed by atoms with E-state index in [4.69, 9.17) is 23.2 Å². The Morgan fingerprint density at radius 1 is 1.44 bits per heavy atom. The number of aromatic nitrogens is 2. The number of aryl methyl sites for hydroxylation is 2. The highest BCUT2D eigenvalue weighted by Crippen LogP contribution is 2.27. The zero-order valence-electron chi connectivity index (χ0n) is 11.0. The average molecular weight is 290 g/mol. The van der Waals surface area contributed by atoms with Crippen LogP contribution in [0.1, 0.15) is 37.6 Å². The molecule has 2 atom stereocenters. The summed E-state index contributed by atoms with van der Waals surface area (Å²) >= 11 is 12.3. The van der Waals surface area contributed by atoms with Gasteiger partial charge < -0.3 is 5.32 Å². The van der Waals surface area contributed by atoms with Crippen LogP contribution in [0.3, 0.4) is 0 Å². The zero-order valence-corrected chi connectivity index (χ0v) is 12.6. The molecule has 1 fully saturated rings. The van der Waals surface area contributed by atoms with Gasteiger partial charge in [0.2, 0.25) is 0 Å². The summed E-state index contributed by atoms with van der Waals surface area (Å²) in [5.74, 6) is 1.35. The molecule has 0 aromatic carbocycles. The van der Waals surface area contributed by atoms with Gasteiger partial charge in [-0.05, 0) is 32.6 Å². The highest BCUT2D eigenvalue weighted by molar-refractivity contribution is 6.31. The van der Waals surface area contributed by atoms with E-state index in [0.717, 1.165) is 35.4 Å². The van der Waals surface area contributed by atoms with Crippen molar-refractivity contribution in [2.24, 2.45) is 5.92 Å². The molecule has 0 saturated heterocycles. The third-order valence-corrected chi connectivity index (χ3v) is 4.73. The Hall–Kier alpha value is -0.250. The van der Waals surface area contributed by atoms with Gasteiger partial charge in [-0.2, -0.15) is 5.10 Å². The second-order valence-corrected chi connectivity index (χ2v) is 5.68. The molecule has 102 valence electrons. The van der Waals surface area contributed by atoms with E-state index < -0.39 is 0 Å². The summed E-state index contributed by atoms with van der Waals surface area (Å²) in [5.41, 5.74) is 2.01. The molecule has 2 unspecified atom stereocenters. The topological polar surface area (TPSA) is 29.9 Å². The number of nitrogens with one attached hydrogen (secondary N) is 1. The van der Waals surface area contributed by atoms with Crippen LogP contribution in [-0.4, -0.2) is 21.7 Å². The standard InChI is InChI=1S/C13H21Cl2N3/c1-3-18-12(13(15)9(2)17-18)8-16-11-6-4-5-10(11)7-14/h10-11,16H,3-8H2,1-2H3. The van der Waals surface area contributed by atoms with Gasteiger partial charge >= 0.3 is 0 Å². The lowest BCUT2D eigenvalue weighted by atomic mass is 10.1. The summed E-state index contributed by atoms with van der Waals surface area (Å²) in [5, 5.41) is 8.83. The van der Waals surface area contributed by atoms with E-state index in [1.54, 1.807) is 0 Å². The van der Waals surface area contributed by atoms with Crippen LogP contribution in [0.25, 0.3) is 0 Å². The molecule has 1 aromatic rings. The largest absolute Gasteiger partial charge is 0.308 e. The SMILES string of the molecule is CCn1nc(C)c(Cl)c1CNC1CCCC1CCl. The molecular formula is C13H21Cl2N3. The second kappa shape index (κ2) is 6.27. The monoisotopic (exact) mass is 289 g/mol. The maximum absolute atomic E-state index is 6.30.